The van der Waals surface area contributed by atoms with E-state index < -0.39 is 12.0 Å². The standard InChI is InChI=1S/C18H28N4O5/c1-2-3-4-13(10-21(26)12-23)17(25)22-11-18(6-7-18)9-14(22)16(24)20-15-5-8-19-27-15/h5,12-14,19,26H,2-4,6-11H2,1H3,(H,20,24)/t13-,14+/m1/s1. The van der Waals surface area contributed by atoms with Crippen LogP contribution in [-0.4, -0.2) is 59.1 Å². The number of hydrogen-bond donors (Lipinski definition) is 3. The Kier molecular flexibility index (Phi) is 6.01. The molecule has 9 nitrogen and oxygen atoms in total. The molecule has 1 saturated carbocycles. The van der Waals surface area contributed by atoms with Crippen molar-refractivity contribution in [3.05, 3.63) is 12.0 Å². The van der Waals surface area contributed by atoms with Crippen LogP contribution < -0.4 is 10.8 Å². The first-order valence-electron chi connectivity index (χ1n) is 9.60. The summed E-state index contributed by atoms with van der Waals surface area (Å²) in [6.07, 6.45) is 6.98. The Balaban J connectivity index is 1.72. The number of carbonyl (C=O) groups is 3. The first kappa shape index (κ1) is 19.6. The number of hydroxylamine groups is 3. The normalized spacial score (nSPS) is 23.6. The fraction of sp³-hybridized carbons (Fsp3) is 0.722. The van der Waals surface area contributed by atoms with Crippen molar-refractivity contribution in [2.75, 3.05) is 19.6 Å². The molecule has 0 bridgehead atoms. The summed E-state index contributed by atoms with van der Waals surface area (Å²) >= 11 is 0. The zero-order valence-corrected chi connectivity index (χ0v) is 15.6. The SMILES string of the molecule is CCCC[C@H](CN(O)C=O)C(=O)N1CC2(CC2)C[C@H]1C(=O)NC1=CCNO1. The predicted octanol–water partition coefficient (Wildman–Crippen LogP) is 0.514. The number of nitrogens with one attached hydrogen (secondary N) is 2. The second kappa shape index (κ2) is 8.26. The van der Waals surface area contributed by atoms with Crippen molar-refractivity contribution in [3.8, 4) is 0 Å². The Bertz CT molecular complexity index is 619. The van der Waals surface area contributed by atoms with Gasteiger partial charge in [0.25, 0.3) is 0 Å². The second-order valence-corrected chi connectivity index (χ2v) is 7.76. The molecule has 2 aliphatic heterocycles. The average Bonchev–Trinajstić information content (AvgIpc) is 3.05. The monoisotopic (exact) mass is 380 g/mol. The summed E-state index contributed by atoms with van der Waals surface area (Å²) in [4.78, 5) is 43.5. The minimum atomic E-state index is -0.558. The molecule has 0 aromatic rings. The summed E-state index contributed by atoms with van der Waals surface area (Å²) in [6, 6.07) is -0.558. The Morgan fingerprint density at radius 3 is 2.93 bits per heavy atom. The van der Waals surface area contributed by atoms with E-state index in [-0.39, 0.29) is 23.8 Å². The fourth-order valence-electron chi connectivity index (χ4n) is 3.88. The molecule has 2 atom stereocenters. The number of hydrogen-bond acceptors (Lipinski definition) is 6. The molecule has 3 aliphatic rings. The summed E-state index contributed by atoms with van der Waals surface area (Å²) in [5.41, 5.74) is 2.69. The van der Waals surface area contributed by atoms with Gasteiger partial charge in [0.15, 0.2) is 0 Å². The Labute approximate surface area is 158 Å². The summed E-state index contributed by atoms with van der Waals surface area (Å²) < 4.78 is 0. The molecule has 2 heterocycles. The van der Waals surface area contributed by atoms with E-state index in [1.54, 1.807) is 11.0 Å². The van der Waals surface area contributed by atoms with Crippen LogP contribution in [0.1, 0.15) is 45.4 Å². The Morgan fingerprint density at radius 2 is 2.33 bits per heavy atom. The van der Waals surface area contributed by atoms with E-state index in [0.29, 0.717) is 43.3 Å². The quantitative estimate of drug-likeness (QED) is 0.305. The lowest BCUT2D eigenvalue weighted by molar-refractivity contribution is -0.158. The van der Waals surface area contributed by atoms with Crippen molar-refractivity contribution in [3.63, 3.8) is 0 Å². The predicted molar refractivity (Wildman–Crippen MR) is 94.7 cm³/mol. The van der Waals surface area contributed by atoms with Gasteiger partial charge < -0.3 is 9.74 Å². The van der Waals surface area contributed by atoms with E-state index in [1.165, 1.54) is 0 Å². The van der Waals surface area contributed by atoms with Gasteiger partial charge in [-0.2, -0.15) is 5.48 Å². The zero-order valence-electron chi connectivity index (χ0n) is 15.6. The third kappa shape index (κ3) is 4.59. The molecule has 2 fully saturated rings. The molecule has 0 aromatic carbocycles. The highest BCUT2D eigenvalue weighted by molar-refractivity contribution is 5.90. The largest absolute Gasteiger partial charge is 0.390 e. The number of likely N-dealkylation sites (tertiary alicyclic amines) is 1. The van der Waals surface area contributed by atoms with Gasteiger partial charge in [0.05, 0.1) is 19.0 Å². The van der Waals surface area contributed by atoms with E-state index >= 15 is 0 Å². The number of rotatable bonds is 9. The summed E-state index contributed by atoms with van der Waals surface area (Å²) in [6.45, 7) is 3.03. The van der Waals surface area contributed by atoms with Gasteiger partial charge in [0.1, 0.15) is 6.04 Å². The number of unbranched alkanes of at least 4 members (excludes halogenated alkanes) is 1. The molecular formula is C18H28N4O5. The lowest BCUT2D eigenvalue weighted by Crippen LogP contribution is -2.49. The molecule has 0 unspecified atom stereocenters. The Morgan fingerprint density at radius 1 is 1.56 bits per heavy atom. The van der Waals surface area contributed by atoms with Gasteiger partial charge >= 0.3 is 0 Å². The van der Waals surface area contributed by atoms with Crippen LogP contribution in [0.4, 0.5) is 0 Å². The molecule has 9 heteroatoms. The van der Waals surface area contributed by atoms with Gasteiger partial charge in [-0.3, -0.25) is 24.9 Å². The summed E-state index contributed by atoms with van der Waals surface area (Å²) in [5.74, 6) is -0.595. The number of carbonyl (C=O) groups excluding carboxylic acids is 3. The number of amides is 3. The molecule has 150 valence electrons. The van der Waals surface area contributed by atoms with Crippen molar-refractivity contribution < 1.29 is 24.4 Å². The van der Waals surface area contributed by atoms with Gasteiger partial charge in [-0.15, -0.1) is 0 Å². The van der Waals surface area contributed by atoms with Crippen molar-refractivity contribution in [2.45, 2.75) is 51.5 Å². The van der Waals surface area contributed by atoms with Crippen LogP contribution in [0.3, 0.4) is 0 Å². The van der Waals surface area contributed by atoms with Crippen molar-refractivity contribution in [1.82, 2.24) is 20.8 Å². The maximum Gasteiger partial charge on any atom is 0.249 e. The van der Waals surface area contributed by atoms with E-state index in [2.05, 4.69) is 10.8 Å². The zero-order chi connectivity index (χ0) is 19.4. The van der Waals surface area contributed by atoms with Crippen LogP contribution in [0, 0.1) is 11.3 Å². The molecule has 0 radical (unpaired) electrons. The molecular weight excluding hydrogens is 352 g/mol. The van der Waals surface area contributed by atoms with Gasteiger partial charge in [0, 0.05) is 6.54 Å². The molecule has 0 aromatic heterocycles. The first-order valence-corrected chi connectivity index (χ1v) is 9.60. The Hall–Kier alpha value is -2.13. The average molecular weight is 380 g/mol. The van der Waals surface area contributed by atoms with Crippen LogP contribution in [0.25, 0.3) is 0 Å². The minimum Gasteiger partial charge on any atom is -0.390 e. The van der Waals surface area contributed by atoms with Gasteiger partial charge in [-0.05, 0) is 37.2 Å². The van der Waals surface area contributed by atoms with Crippen LogP contribution in [0.2, 0.25) is 0 Å². The van der Waals surface area contributed by atoms with E-state index in [0.717, 1.165) is 25.7 Å². The van der Waals surface area contributed by atoms with Gasteiger partial charge in [-0.1, -0.05) is 19.8 Å². The molecule has 3 rings (SSSR count). The van der Waals surface area contributed by atoms with Crippen LogP contribution in [0.15, 0.2) is 12.0 Å². The van der Waals surface area contributed by atoms with Crippen LogP contribution in [0.5, 0.6) is 0 Å². The van der Waals surface area contributed by atoms with Crippen LogP contribution in [-0.2, 0) is 19.2 Å². The molecule has 1 saturated heterocycles. The lowest BCUT2D eigenvalue weighted by Gasteiger charge is -2.29. The highest BCUT2D eigenvalue weighted by Gasteiger charge is 2.55. The highest BCUT2D eigenvalue weighted by atomic mass is 16.7. The minimum absolute atomic E-state index is 0.0414. The molecule has 1 aliphatic carbocycles. The summed E-state index contributed by atoms with van der Waals surface area (Å²) in [5, 5.41) is 12.8. The number of nitrogens with zero attached hydrogens (tertiary/aromatic N) is 2. The molecule has 3 amide bonds. The molecule has 3 N–H and O–H groups in total. The smallest absolute Gasteiger partial charge is 0.249 e. The lowest BCUT2D eigenvalue weighted by atomic mass is 9.99. The van der Waals surface area contributed by atoms with Crippen molar-refractivity contribution in [2.24, 2.45) is 11.3 Å². The molecule has 1 spiro atoms. The third-order valence-electron chi connectivity index (χ3n) is 5.63. The van der Waals surface area contributed by atoms with Crippen molar-refractivity contribution >= 4 is 18.2 Å². The highest BCUT2D eigenvalue weighted by Crippen LogP contribution is 2.55. The van der Waals surface area contributed by atoms with E-state index in [9.17, 15) is 19.6 Å². The van der Waals surface area contributed by atoms with Crippen LogP contribution >= 0.6 is 0 Å². The van der Waals surface area contributed by atoms with Crippen molar-refractivity contribution in [1.29, 1.82) is 0 Å². The second-order valence-electron chi connectivity index (χ2n) is 7.76. The van der Waals surface area contributed by atoms with Gasteiger partial charge in [0.2, 0.25) is 24.1 Å². The maximum atomic E-state index is 13.2. The molecule has 27 heavy (non-hydrogen) atoms. The van der Waals surface area contributed by atoms with Gasteiger partial charge in [-0.25, -0.2) is 5.06 Å². The fourth-order valence-corrected chi connectivity index (χ4v) is 3.88. The first-order chi connectivity index (χ1) is 13.0. The topological polar surface area (TPSA) is 111 Å². The third-order valence-corrected chi connectivity index (χ3v) is 5.63. The summed E-state index contributed by atoms with van der Waals surface area (Å²) in [7, 11) is 0. The maximum absolute atomic E-state index is 13.2. The van der Waals surface area contributed by atoms with E-state index in [1.807, 2.05) is 6.92 Å². The van der Waals surface area contributed by atoms with E-state index in [4.69, 9.17) is 4.84 Å².